The number of hydrogen-bond donors (Lipinski definition) is 1. The summed E-state index contributed by atoms with van der Waals surface area (Å²) in [6.45, 7) is 0.265. The summed E-state index contributed by atoms with van der Waals surface area (Å²) >= 11 is 0. The van der Waals surface area contributed by atoms with Crippen LogP contribution in [0.2, 0.25) is 0 Å². The lowest BCUT2D eigenvalue weighted by Gasteiger charge is -2.28. The summed E-state index contributed by atoms with van der Waals surface area (Å²) in [7, 11) is 1.55. The molecule has 1 atom stereocenters. The average molecular weight is 309 g/mol. The molecule has 3 rings (SSSR count). The lowest BCUT2D eigenvalue weighted by atomic mass is 10.0. The maximum Gasteiger partial charge on any atom is 0.416 e. The minimum Gasteiger partial charge on any atom is -0.497 e. The zero-order chi connectivity index (χ0) is 15.7. The third-order valence-corrected chi connectivity index (χ3v) is 3.54. The van der Waals surface area contributed by atoms with Crippen molar-refractivity contribution in [2.75, 3.05) is 19.0 Å². The normalized spacial score (nSPS) is 17.2. The van der Waals surface area contributed by atoms with E-state index < -0.39 is 11.7 Å². The molecule has 3 nitrogen and oxygen atoms in total. The molecule has 1 N–H and O–H groups in total. The molecule has 1 heterocycles. The van der Waals surface area contributed by atoms with E-state index in [-0.39, 0.29) is 12.6 Å². The fourth-order valence-electron chi connectivity index (χ4n) is 2.39. The van der Waals surface area contributed by atoms with E-state index in [0.717, 1.165) is 12.1 Å². The Morgan fingerprint density at radius 3 is 2.73 bits per heavy atom. The van der Waals surface area contributed by atoms with Crippen molar-refractivity contribution in [1.82, 2.24) is 0 Å². The van der Waals surface area contributed by atoms with E-state index >= 15 is 0 Å². The van der Waals surface area contributed by atoms with Crippen LogP contribution in [-0.2, 0) is 6.18 Å². The molecule has 0 saturated carbocycles. The summed E-state index contributed by atoms with van der Waals surface area (Å²) < 4.78 is 49.2. The summed E-state index contributed by atoms with van der Waals surface area (Å²) in [4.78, 5) is 0. The van der Waals surface area contributed by atoms with Gasteiger partial charge in [-0.3, -0.25) is 0 Å². The van der Waals surface area contributed by atoms with Gasteiger partial charge in [-0.2, -0.15) is 13.2 Å². The number of benzene rings is 2. The number of nitrogens with one attached hydrogen (secondary N) is 1. The molecule has 0 spiro atoms. The fourth-order valence-corrected chi connectivity index (χ4v) is 2.39. The Morgan fingerprint density at radius 1 is 1.18 bits per heavy atom. The number of hydrogen-bond acceptors (Lipinski definition) is 3. The molecule has 1 aliphatic rings. The van der Waals surface area contributed by atoms with Crippen molar-refractivity contribution < 1.29 is 22.6 Å². The van der Waals surface area contributed by atoms with E-state index in [2.05, 4.69) is 5.32 Å². The first-order valence-electron chi connectivity index (χ1n) is 6.72. The van der Waals surface area contributed by atoms with Crippen molar-refractivity contribution in [2.45, 2.75) is 12.2 Å². The van der Waals surface area contributed by atoms with Crippen LogP contribution in [0.15, 0.2) is 42.5 Å². The van der Waals surface area contributed by atoms with Crippen LogP contribution in [0, 0.1) is 0 Å². The molecule has 0 radical (unpaired) electrons. The highest BCUT2D eigenvalue weighted by Gasteiger charge is 2.31. The minimum atomic E-state index is -4.35. The van der Waals surface area contributed by atoms with Gasteiger partial charge in [0.15, 0.2) is 0 Å². The van der Waals surface area contributed by atoms with Crippen molar-refractivity contribution in [3.63, 3.8) is 0 Å². The van der Waals surface area contributed by atoms with Crippen LogP contribution in [0.5, 0.6) is 11.5 Å². The SMILES string of the molecule is COc1ccc2c(c1)NC(c1cccc(C(F)(F)F)c1)CO2. The van der Waals surface area contributed by atoms with E-state index in [1.165, 1.54) is 6.07 Å². The van der Waals surface area contributed by atoms with E-state index in [1.54, 1.807) is 31.4 Å². The lowest BCUT2D eigenvalue weighted by Crippen LogP contribution is -2.24. The predicted octanol–water partition coefficient (Wildman–Crippen LogP) is 4.26. The zero-order valence-electron chi connectivity index (χ0n) is 11.8. The molecule has 116 valence electrons. The lowest BCUT2D eigenvalue weighted by molar-refractivity contribution is -0.137. The van der Waals surface area contributed by atoms with Crippen LogP contribution >= 0.6 is 0 Å². The number of rotatable bonds is 2. The van der Waals surface area contributed by atoms with Gasteiger partial charge in [-0.25, -0.2) is 0 Å². The number of anilines is 1. The Labute approximate surface area is 125 Å². The Kier molecular flexibility index (Phi) is 3.60. The second-order valence-electron chi connectivity index (χ2n) is 4.99. The highest BCUT2D eigenvalue weighted by molar-refractivity contribution is 5.62. The van der Waals surface area contributed by atoms with Gasteiger partial charge in [-0.15, -0.1) is 0 Å². The van der Waals surface area contributed by atoms with Gasteiger partial charge in [0.25, 0.3) is 0 Å². The Bertz CT molecular complexity index is 685. The van der Waals surface area contributed by atoms with Crippen molar-refractivity contribution in [3.8, 4) is 11.5 Å². The fraction of sp³-hybridized carbons (Fsp3) is 0.250. The summed E-state index contributed by atoms with van der Waals surface area (Å²) in [5, 5.41) is 3.19. The molecule has 1 unspecified atom stereocenters. The van der Waals surface area contributed by atoms with Crippen LogP contribution < -0.4 is 14.8 Å². The topological polar surface area (TPSA) is 30.5 Å². The highest BCUT2D eigenvalue weighted by atomic mass is 19.4. The van der Waals surface area contributed by atoms with Crippen molar-refractivity contribution in [2.24, 2.45) is 0 Å². The van der Waals surface area contributed by atoms with E-state index in [0.29, 0.717) is 22.7 Å². The van der Waals surface area contributed by atoms with E-state index in [9.17, 15) is 13.2 Å². The van der Waals surface area contributed by atoms with Crippen LogP contribution in [0.1, 0.15) is 17.2 Å². The van der Waals surface area contributed by atoms with Crippen LogP contribution in [-0.4, -0.2) is 13.7 Å². The molecule has 0 aromatic heterocycles. The zero-order valence-corrected chi connectivity index (χ0v) is 11.8. The monoisotopic (exact) mass is 309 g/mol. The first-order valence-corrected chi connectivity index (χ1v) is 6.72. The van der Waals surface area contributed by atoms with Gasteiger partial charge < -0.3 is 14.8 Å². The highest BCUT2D eigenvalue weighted by Crippen LogP contribution is 2.37. The number of methoxy groups -OCH3 is 1. The molecular formula is C16H14F3NO2. The summed E-state index contributed by atoms with van der Waals surface area (Å²) in [6, 6.07) is 10.2. The summed E-state index contributed by atoms with van der Waals surface area (Å²) in [6.07, 6.45) is -4.35. The second-order valence-corrected chi connectivity index (χ2v) is 4.99. The molecule has 0 aliphatic carbocycles. The molecule has 6 heteroatoms. The largest absolute Gasteiger partial charge is 0.497 e. The quantitative estimate of drug-likeness (QED) is 0.899. The van der Waals surface area contributed by atoms with Gasteiger partial charge in [0.05, 0.1) is 24.4 Å². The van der Waals surface area contributed by atoms with Gasteiger partial charge in [0, 0.05) is 6.07 Å². The standard InChI is InChI=1S/C16H14F3NO2/c1-21-12-5-6-15-13(8-12)20-14(9-22-15)10-3-2-4-11(7-10)16(17,18)19/h2-8,14,20H,9H2,1H3. The predicted molar refractivity (Wildman–Crippen MR) is 76.3 cm³/mol. The molecule has 2 aromatic carbocycles. The van der Waals surface area contributed by atoms with Gasteiger partial charge >= 0.3 is 6.18 Å². The van der Waals surface area contributed by atoms with Gasteiger partial charge in [-0.05, 0) is 29.8 Å². The molecule has 0 saturated heterocycles. The molecule has 0 bridgehead atoms. The number of halogens is 3. The number of alkyl halides is 3. The molecular weight excluding hydrogens is 295 g/mol. The molecule has 2 aromatic rings. The van der Waals surface area contributed by atoms with Gasteiger partial charge in [0.2, 0.25) is 0 Å². The Hall–Kier alpha value is -2.37. The average Bonchev–Trinajstić information content (AvgIpc) is 2.53. The van der Waals surface area contributed by atoms with Gasteiger partial charge in [0.1, 0.15) is 18.1 Å². The number of fused-ring (bicyclic) bond motifs is 1. The maximum atomic E-state index is 12.8. The molecule has 22 heavy (non-hydrogen) atoms. The van der Waals surface area contributed by atoms with Gasteiger partial charge in [-0.1, -0.05) is 12.1 Å². The Balaban J connectivity index is 1.88. The van der Waals surface area contributed by atoms with Crippen molar-refractivity contribution in [3.05, 3.63) is 53.6 Å². The smallest absolute Gasteiger partial charge is 0.416 e. The molecule has 0 fully saturated rings. The van der Waals surface area contributed by atoms with E-state index in [1.807, 2.05) is 0 Å². The van der Waals surface area contributed by atoms with Crippen molar-refractivity contribution >= 4 is 5.69 Å². The van der Waals surface area contributed by atoms with Crippen LogP contribution in [0.3, 0.4) is 0 Å². The van der Waals surface area contributed by atoms with Crippen molar-refractivity contribution in [1.29, 1.82) is 0 Å². The molecule has 0 amide bonds. The van der Waals surface area contributed by atoms with Crippen LogP contribution in [0.4, 0.5) is 18.9 Å². The second kappa shape index (κ2) is 5.44. The third-order valence-electron chi connectivity index (χ3n) is 3.54. The first-order chi connectivity index (χ1) is 10.5. The summed E-state index contributed by atoms with van der Waals surface area (Å²) in [5.74, 6) is 1.31. The first kappa shape index (κ1) is 14.6. The third kappa shape index (κ3) is 2.81. The maximum absolute atomic E-state index is 12.8. The van der Waals surface area contributed by atoms with E-state index in [4.69, 9.17) is 9.47 Å². The Morgan fingerprint density at radius 2 is 2.00 bits per heavy atom. The molecule has 1 aliphatic heterocycles. The number of ether oxygens (including phenoxy) is 2. The van der Waals surface area contributed by atoms with Crippen LogP contribution in [0.25, 0.3) is 0 Å². The summed E-state index contributed by atoms with van der Waals surface area (Å²) in [5.41, 5.74) is 0.569. The minimum absolute atomic E-state index is 0.265.